The van der Waals surface area contributed by atoms with Crippen LogP contribution in [0.25, 0.3) is 0 Å². The van der Waals surface area contributed by atoms with Crippen molar-refractivity contribution in [3.63, 3.8) is 0 Å². The molecule has 0 unspecified atom stereocenters. The number of rotatable bonds is 8. The molecule has 4 heteroatoms. The average Bonchev–Trinajstić information content (AvgIpc) is 2.38. The average molecular weight is 270 g/mol. The summed E-state index contributed by atoms with van der Waals surface area (Å²) in [6.45, 7) is 6.06. The first-order valence-corrected chi connectivity index (χ1v) is 7.70. The predicted molar refractivity (Wildman–Crippen MR) is 78.2 cm³/mol. The summed E-state index contributed by atoms with van der Waals surface area (Å²) in [5.74, 6) is -0.157. The van der Waals surface area contributed by atoms with Gasteiger partial charge in [0.25, 0.3) is 0 Å². The maximum Gasteiger partial charge on any atom is 0.320 e. The molecule has 4 nitrogen and oxygen atoms in total. The Kier molecular flexibility index (Phi) is 8.07. The minimum Gasteiger partial charge on any atom is -0.462 e. The van der Waals surface area contributed by atoms with Crippen molar-refractivity contribution in [2.75, 3.05) is 26.7 Å². The summed E-state index contributed by atoms with van der Waals surface area (Å²) in [5.41, 5.74) is 0. The fourth-order valence-corrected chi connectivity index (χ4v) is 2.65. The molecule has 112 valence electrons. The third-order valence-electron chi connectivity index (χ3n) is 3.70. The molecule has 1 rings (SSSR count). The zero-order valence-electron chi connectivity index (χ0n) is 12.8. The van der Waals surface area contributed by atoms with E-state index in [1.807, 2.05) is 13.8 Å². The number of nitrogens with zero attached hydrogens (tertiary/aromatic N) is 1. The van der Waals surface area contributed by atoms with Crippen LogP contribution >= 0.6 is 0 Å². The highest BCUT2D eigenvalue weighted by molar-refractivity contribution is 5.71. The lowest BCUT2D eigenvalue weighted by Crippen LogP contribution is -2.35. The van der Waals surface area contributed by atoms with Gasteiger partial charge in [0.2, 0.25) is 0 Å². The highest BCUT2D eigenvalue weighted by Gasteiger charge is 2.17. The van der Waals surface area contributed by atoms with Crippen LogP contribution in [0, 0.1) is 0 Å². The largest absolute Gasteiger partial charge is 0.462 e. The minimum atomic E-state index is -0.157. The van der Waals surface area contributed by atoms with Crippen LogP contribution in [0.5, 0.6) is 0 Å². The van der Waals surface area contributed by atoms with Crippen LogP contribution in [0.3, 0.4) is 0 Å². The quantitative estimate of drug-likeness (QED) is 0.542. The SMILES string of the molecule is CC(C)OC(=O)CNCCCN(C)C1CCCCC1. The van der Waals surface area contributed by atoms with Gasteiger partial charge in [-0.05, 0) is 53.2 Å². The van der Waals surface area contributed by atoms with Gasteiger partial charge in [-0.2, -0.15) is 0 Å². The van der Waals surface area contributed by atoms with Crippen LogP contribution < -0.4 is 5.32 Å². The summed E-state index contributed by atoms with van der Waals surface area (Å²) >= 11 is 0. The molecule has 0 amide bonds. The third-order valence-corrected chi connectivity index (χ3v) is 3.70. The lowest BCUT2D eigenvalue weighted by atomic mass is 9.94. The maximum absolute atomic E-state index is 11.3. The molecule has 1 N–H and O–H groups in total. The van der Waals surface area contributed by atoms with Gasteiger partial charge in [-0.25, -0.2) is 0 Å². The summed E-state index contributed by atoms with van der Waals surface area (Å²) in [5, 5.41) is 3.15. The van der Waals surface area contributed by atoms with Gasteiger partial charge in [0.05, 0.1) is 12.6 Å². The first-order valence-electron chi connectivity index (χ1n) is 7.70. The Morgan fingerprint density at radius 3 is 2.63 bits per heavy atom. The van der Waals surface area contributed by atoms with Gasteiger partial charge in [0.15, 0.2) is 0 Å². The standard InChI is InChI=1S/C15H30N2O2/c1-13(2)19-15(18)12-16-10-7-11-17(3)14-8-5-4-6-9-14/h13-14,16H,4-12H2,1-3H3. The number of hydrogen-bond acceptors (Lipinski definition) is 4. The summed E-state index contributed by atoms with van der Waals surface area (Å²) in [6, 6.07) is 0.777. The number of nitrogens with one attached hydrogen (secondary N) is 1. The number of carbonyl (C=O) groups is 1. The molecular weight excluding hydrogens is 240 g/mol. The Morgan fingerprint density at radius 2 is 2.00 bits per heavy atom. The van der Waals surface area contributed by atoms with Gasteiger partial charge in [-0.1, -0.05) is 19.3 Å². The number of ether oxygens (including phenoxy) is 1. The van der Waals surface area contributed by atoms with E-state index < -0.39 is 0 Å². The molecule has 1 aliphatic rings. The molecule has 0 bridgehead atoms. The summed E-state index contributed by atoms with van der Waals surface area (Å²) in [4.78, 5) is 13.8. The fraction of sp³-hybridized carbons (Fsp3) is 0.933. The molecule has 0 heterocycles. The summed E-state index contributed by atoms with van der Waals surface area (Å²) in [7, 11) is 2.23. The van der Waals surface area contributed by atoms with Crippen LogP contribution in [0.4, 0.5) is 0 Å². The second-order valence-corrected chi connectivity index (χ2v) is 5.84. The molecular formula is C15H30N2O2. The van der Waals surface area contributed by atoms with E-state index in [0.717, 1.165) is 25.6 Å². The Bertz CT molecular complexity index is 251. The molecule has 1 fully saturated rings. The van der Waals surface area contributed by atoms with Gasteiger partial charge in [-0.3, -0.25) is 4.79 Å². The second-order valence-electron chi connectivity index (χ2n) is 5.84. The van der Waals surface area contributed by atoms with Crippen LogP contribution in [0.1, 0.15) is 52.4 Å². The van der Waals surface area contributed by atoms with Gasteiger partial charge in [-0.15, -0.1) is 0 Å². The van der Waals surface area contributed by atoms with E-state index in [-0.39, 0.29) is 12.1 Å². The molecule has 0 atom stereocenters. The smallest absolute Gasteiger partial charge is 0.320 e. The van der Waals surface area contributed by atoms with Crippen molar-refractivity contribution in [1.82, 2.24) is 10.2 Å². The van der Waals surface area contributed by atoms with Crippen LogP contribution in [0.15, 0.2) is 0 Å². The Morgan fingerprint density at radius 1 is 1.32 bits per heavy atom. The molecule has 0 radical (unpaired) electrons. The topological polar surface area (TPSA) is 41.6 Å². The molecule has 0 aromatic carbocycles. The van der Waals surface area contributed by atoms with E-state index in [2.05, 4.69) is 17.3 Å². The maximum atomic E-state index is 11.3. The van der Waals surface area contributed by atoms with Crippen molar-refractivity contribution < 1.29 is 9.53 Å². The van der Waals surface area contributed by atoms with E-state index in [1.165, 1.54) is 32.1 Å². The minimum absolute atomic E-state index is 0.0215. The summed E-state index contributed by atoms with van der Waals surface area (Å²) < 4.78 is 5.06. The molecule has 1 aliphatic carbocycles. The number of carbonyl (C=O) groups excluding carboxylic acids is 1. The molecule has 0 aliphatic heterocycles. The van der Waals surface area contributed by atoms with Crippen molar-refractivity contribution in [1.29, 1.82) is 0 Å². The molecule has 0 spiro atoms. The van der Waals surface area contributed by atoms with Crippen LogP contribution in [-0.4, -0.2) is 49.7 Å². The third kappa shape index (κ3) is 7.53. The van der Waals surface area contributed by atoms with E-state index >= 15 is 0 Å². The van der Waals surface area contributed by atoms with E-state index in [4.69, 9.17) is 4.74 Å². The van der Waals surface area contributed by atoms with Gasteiger partial charge in [0.1, 0.15) is 0 Å². The van der Waals surface area contributed by atoms with Crippen molar-refractivity contribution >= 4 is 5.97 Å². The number of esters is 1. The first-order chi connectivity index (χ1) is 9.09. The monoisotopic (exact) mass is 270 g/mol. The Balaban J connectivity index is 1.99. The molecule has 0 aromatic rings. The predicted octanol–water partition coefficient (Wildman–Crippen LogP) is 2.18. The van der Waals surface area contributed by atoms with Gasteiger partial charge < -0.3 is 15.0 Å². The Labute approximate surface area is 117 Å². The zero-order valence-corrected chi connectivity index (χ0v) is 12.8. The molecule has 1 saturated carbocycles. The molecule has 0 saturated heterocycles. The number of hydrogen-bond donors (Lipinski definition) is 1. The van der Waals surface area contributed by atoms with Gasteiger partial charge >= 0.3 is 5.97 Å². The van der Waals surface area contributed by atoms with Crippen molar-refractivity contribution in [3.05, 3.63) is 0 Å². The first kappa shape index (κ1) is 16.4. The van der Waals surface area contributed by atoms with Crippen molar-refractivity contribution in [3.8, 4) is 0 Å². The fourth-order valence-electron chi connectivity index (χ4n) is 2.65. The highest BCUT2D eigenvalue weighted by Crippen LogP contribution is 2.21. The van der Waals surface area contributed by atoms with Crippen LogP contribution in [-0.2, 0) is 9.53 Å². The van der Waals surface area contributed by atoms with Crippen LogP contribution in [0.2, 0.25) is 0 Å². The lowest BCUT2D eigenvalue weighted by Gasteiger charge is -2.31. The Hall–Kier alpha value is -0.610. The normalized spacial score (nSPS) is 17.1. The lowest BCUT2D eigenvalue weighted by molar-refractivity contribution is -0.146. The van der Waals surface area contributed by atoms with Gasteiger partial charge in [0, 0.05) is 6.04 Å². The zero-order chi connectivity index (χ0) is 14.1. The van der Waals surface area contributed by atoms with Crippen molar-refractivity contribution in [2.45, 2.75) is 64.5 Å². The van der Waals surface area contributed by atoms with Crippen molar-refractivity contribution in [2.24, 2.45) is 0 Å². The van der Waals surface area contributed by atoms with E-state index in [1.54, 1.807) is 0 Å². The van der Waals surface area contributed by atoms with E-state index in [9.17, 15) is 4.79 Å². The molecule has 0 aromatic heterocycles. The van der Waals surface area contributed by atoms with E-state index in [0.29, 0.717) is 6.54 Å². The molecule has 19 heavy (non-hydrogen) atoms. The second kappa shape index (κ2) is 9.32. The highest BCUT2D eigenvalue weighted by atomic mass is 16.5. The summed E-state index contributed by atoms with van der Waals surface area (Å²) in [6.07, 6.45) is 7.94.